The van der Waals surface area contributed by atoms with Crippen molar-refractivity contribution in [2.45, 2.75) is 31.9 Å². The number of carbonyl (C=O) groups excluding carboxylic acids is 1. The molecule has 1 amide bonds. The van der Waals surface area contributed by atoms with Gasteiger partial charge in [0.05, 0.1) is 17.6 Å². The number of aromatic nitrogens is 5. The zero-order valence-electron chi connectivity index (χ0n) is 17.7. The van der Waals surface area contributed by atoms with Gasteiger partial charge in [0.25, 0.3) is 10.2 Å². The first-order chi connectivity index (χ1) is 15.7. The Hall–Kier alpha value is -3.29. The molecule has 174 valence electrons. The number of halogens is 1. The van der Waals surface area contributed by atoms with Gasteiger partial charge < -0.3 is 4.74 Å². The third kappa shape index (κ3) is 5.74. The van der Waals surface area contributed by atoms with Crippen molar-refractivity contribution < 1.29 is 17.9 Å². The molecule has 3 aromatic heterocycles. The predicted molar refractivity (Wildman–Crippen MR) is 121 cm³/mol. The van der Waals surface area contributed by atoms with Gasteiger partial charge in [-0.2, -0.15) is 13.1 Å². The molecule has 0 spiro atoms. The largest absolute Gasteiger partial charge is 0.441 e. The van der Waals surface area contributed by atoms with Crippen LogP contribution in [0.5, 0.6) is 0 Å². The third-order valence-corrected chi connectivity index (χ3v) is 6.18. The van der Waals surface area contributed by atoms with E-state index in [0.29, 0.717) is 11.3 Å². The van der Waals surface area contributed by atoms with E-state index in [-0.39, 0.29) is 28.4 Å². The number of hydrogen-bond donors (Lipinski definition) is 3. The van der Waals surface area contributed by atoms with Crippen LogP contribution in [0.4, 0.5) is 16.3 Å². The van der Waals surface area contributed by atoms with Gasteiger partial charge in [-0.15, -0.1) is 5.10 Å². The van der Waals surface area contributed by atoms with E-state index in [0.717, 1.165) is 12.8 Å². The fourth-order valence-corrected chi connectivity index (χ4v) is 4.36. The SMILES string of the molecule is C[C@@H](OC(=O)Nc1c(-c2ccc(NS(=O)(=O)NC3CC3)cn2)nnn1C)c1cccnc1Cl. The van der Waals surface area contributed by atoms with Gasteiger partial charge in [0.15, 0.2) is 11.5 Å². The highest BCUT2D eigenvalue weighted by Gasteiger charge is 2.27. The summed E-state index contributed by atoms with van der Waals surface area (Å²) in [4.78, 5) is 20.7. The Balaban J connectivity index is 1.45. The van der Waals surface area contributed by atoms with Crippen molar-refractivity contribution in [2.75, 3.05) is 10.0 Å². The first-order valence-electron chi connectivity index (χ1n) is 9.96. The van der Waals surface area contributed by atoms with Gasteiger partial charge in [0.1, 0.15) is 11.3 Å². The van der Waals surface area contributed by atoms with E-state index in [1.165, 1.54) is 16.9 Å². The minimum absolute atomic E-state index is 0.0142. The van der Waals surface area contributed by atoms with Crippen LogP contribution in [0.3, 0.4) is 0 Å². The standard InChI is InChI=1S/C19H21ClN8O4S/c1-11(14-4-3-9-21-17(14)20)32-19(29)23-18-16(24-27-28(18)2)15-8-7-13(10-22-15)26-33(30,31)25-12-5-6-12/h3-4,7-12,25-26H,5-6H2,1-2H3,(H,23,29)/t11-/m1/s1. The van der Waals surface area contributed by atoms with Crippen molar-refractivity contribution in [2.24, 2.45) is 7.05 Å². The molecule has 3 N–H and O–H groups in total. The maximum absolute atomic E-state index is 12.5. The molecule has 1 atom stereocenters. The van der Waals surface area contributed by atoms with E-state index in [4.69, 9.17) is 16.3 Å². The van der Waals surface area contributed by atoms with Crippen LogP contribution in [0, 0.1) is 0 Å². The molecule has 3 heterocycles. The number of aryl methyl sites for hydroxylation is 1. The second-order valence-electron chi connectivity index (χ2n) is 7.40. The van der Waals surface area contributed by atoms with Gasteiger partial charge in [-0.3, -0.25) is 15.0 Å². The fourth-order valence-electron chi connectivity index (χ4n) is 2.92. The third-order valence-electron chi connectivity index (χ3n) is 4.71. The van der Waals surface area contributed by atoms with E-state index in [1.54, 1.807) is 38.4 Å². The number of carbonyl (C=O) groups is 1. The molecule has 0 aromatic carbocycles. The average molecular weight is 493 g/mol. The van der Waals surface area contributed by atoms with E-state index < -0.39 is 22.4 Å². The van der Waals surface area contributed by atoms with Gasteiger partial charge in [0, 0.05) is 24.8 Å². The fraction of sp³-hybridized carbons (Fsp3) is 0.316. The van der Waals surface area contributed by atoms with Crippen LogP contribution in [0.2, 0.25) is 5.15 Å². The molecule has 1 saturated carbocycles. The average Bonchev–Trinajstić information content (AvgIpc) is 3.49. The summed E-state index contributed by atoms with van der Waals surface area (Å²) in [7, 11) is -2.07. The lowest BCUT2D eigenvalue weighted by molar-refractivity contribution is 0.121. The summed E-state index contributed by atoms with van der Waals surface area (Å²) in [5.74, 6) is 0.251. The molecule has 33 heavy (non-hydrogen) atoms. The van der Waals surface area contributed by atoms with Crippen LogP contribution >= 0.6 is 11.6 Å². The summed E-state index contributed by atoms with van der Waals surface area (Å²) in [6.45, 7) is 1.67. The summed E-state index contributed by atoms with van der Waals surface area (Å²) < 4.78 is 35.8. The molecule has 0 saturated heterocycles. The Bertz CT molecular complexity index is 1260. The van der Waals surface area contributed by atoms with Crippen LogP contribution < -0.4 is 14.8 Å². The molecule has 0 radical (unpaired) electrons. The number of amides is 1. The number of nitrogens with one attached hydrogen (secondary N) is 3. The van der Waals surface area contributed by atoms with Gasteiger partial charge in [-0.05, 0) is 38.0 Å². The number of ether oxygens (including phenoxy) is 1. The van der Waals surface area contributed by atoms with Crippen LogP contribution in [-0.4, -0.2) is 45.5 Å². The van der Waals surface area contributed by atoms with Crippen LogP contribution in [0.25, 0.3) is 11.4 Å². The molecular weight excluding hydrogens is 472 g/mol. The zero-order chi connectivity index (χ0) is 23.6. The lowest BCUT2D eigenvalue weighted by Crippen LogP contribution is -2.31. The molecule has 1 aliphatic carbocycles. The molecule has 0 aliphatic heterocycles. The number of pyridine rings is 2. The predicted octanol–water partition coefficient (Wildman–Crippen LogP) is 2.64. The monoisotopic (exact) mass is 492 g/mol. The number of hydrogen-bond acceptors (Lipinski definition) is 8. The maximum Gasteiger partial charge on any atom is 0.413 e. The lowest BCUT2D eigenvalue weighted by Gasteiger charge is -2.15. The molecule has 3 aromatic rings. The van der Waals surface area contributed by atoms with E-state index >= 15 is 0 Å². The smallest absolute Gasteiger partial charge is 0.413 e. The Kier molecular flexibility index (Phi) is 6.44. The Morgan fingerprint density at radius 3 is 2.73 bits per heavy atom. The minimum atomic E-state index is -3.67. The van der Waals surface area contributed by atoms with E-state index in [2.05, 4.69) is 35.0 Å². The van der Waals surface area contributed by atoms with Crippen molar-refractivity contribution in [1.82, 2.24) is 29.7 Å². The van der Waals surface area contributed by atoms with Gasteiger partial charge in [0.2, 0.25) is 0 Å². The Morgan fingerprint density at radius 2 is 2.06 bits per heavy atom. The van der Waals surface area contributed by atoms with Gasteiger partial charge in [-0.25, -0.2) is 14.5 Å². The number of nitrogens with zero attached hydrogens (tertiary/aromatic N) is 5. The molecule has 0 bridgehead atoms. The van der Waals surface area contributed by atoms with Crippen molar-refractivity contribution in [3.63, 3.8) is 0 Å². The van der Waals surface area contributed by atoms with Crippen molar-refractivity contribution in [3.05, 3.63) is 47.4 Å². The first-order valence-corrected chi connectivity index (χ1v) is 11.8. The molecular formula is C19H21ClN8O4S. The highest BCUT2D eigenvalue weighted by molar-refractivity contribution is 7.90. The summed E-state index contributed by atoms with van der Waals surface area (Å²) in [6, 6.07) is 6.49. The van der Waals surface area contributed by atoms with Crippen LogP contribution in [0.1, 0.15) is 31.4 Å². The quantitative estimate of drug-likeness (QED) is 0.405. The zero-order valence-corrected chi connectivity index (χ0v) is 19.3. The molecule has 12 nitrogen and oxygen atoms in total. The highest BCUT2D eigenvalue weighted by atomic mass is 35.5. The second kappa shape index (κ2) is 9.29. The first kappa shape index (κ1) is 22.9. The maximum atomic E-state index is 12.5. The van der Waals surface area contributed by atoms with Crippen LogP contribution in [0.15, 0.2) is 36.7 Å². The van der Waals surface area contributed by atoms with E-state index in [9.17, 15) is 13.2 Å². The normalized spacial score (nSPS) is 14.5. The topological polar surface area (TPSA) is 153 Å². The summed E-state index contributed by atoms with van der Waals surface area (Å²) in [5, 5.41) is 10.8. The lowest BCUT2D eigenvalue weighted by atomic mass is 10.2. The molecule has 1 aliphatic rings. The summed E-state index contributed by atoms with van der Waals surface area (Å²) in [6.07, 6.45) is 3.16. The van der Waals surface area contributed by atoms with E-state index in [1.807, 2.05) is 0 Å². The highest BCUT2D eigenvalue weighted by Crippen LogP contribution is 2.27. The summed E-state index contributed by atoms with van der Waals surface area (Å²) >= 11 is 6.05. The Labute approximate surface area is 194 Å². The molecule has 4 rings (SSSR count). The summed E-state index contributed by atoms with van der Waals surface area (Å²) in [5.41, 5.74) is 1.51. The van der Waals surface area contributed by atoms with Crippen LogP contribution in [-0.2, 0) is 22.0 Å². The molecule has 1 fully saturated rings. The Morgan fingerprint density at radius 1 is 1.27 bits per heavy atom. The van der Waals surface area contributed by atoms with Gasteiger partial charge in [-0.1, -0.05) is 22.9 Å². The molecule has 14 heteroatoms. The number of rotatable bonds is 8. The molecule has 0 unspecified atom stereocenters. The van der Waals surface area contributed by atoms with Gasteiger partial charge >= 0.3 is 6.09 Å². The minimum Gasteiger partial charge on any atom is -0.441 e. The van der Waals surface area contributed by atoms with Crippen molar-refractivity contribution in [3.8, 4) is 11.4 Å². The van der Waals surface area contributed by atoms with Crippen molar-refractivity contribution >= 4 is 39.4 Å². The second-order valence-corrected chi connectivity index (χ2v) is 9.20. The van der Waals surface area contributed by atoms with Crippen molar-refractivity contribution in [1.29, 1.82) is 0 Å². The number of anilines is 2.